The zero-order chi connectivity index (χ0) is 20.2. The Kier molecular flexibility index (Phi) is 5.02. The summed E-state index contributed by atoms with van der Waals surface area (Å²) in [6.45, 7) is 4.08. The molecule has 146 valence electrons. The van der Waals surface area contributed by atoms with Crippen LogP contribution in [0.15, 0.2) is 67.5 Å². The van der Waals surface area contributed by atoms with Gasteiger partial charge in [0.1, 0.15) is 17.8 Å². The van der Waals surface area contributed by atoms with Crippen molar-refractivity contribution in [1.29, 1.82) is 0 Å². The second kappa shape index (κ2) is 7.93. The summed E-state index contributed by atoms with van der Waals surface area (Å²) in [7, 11) is 0. The van der Waals surface area contributed by atoms with E-state index >= 15 is 0 Å². The maximum absolute atomic E-state index is 12.4. The van der Waals surface area contributed by atoms with Gasteiger partial charge in [0.15, 0.2) is 5.82 Å². The third-order valence-corrected chi connectivity index (χ3v) is 4.28. The number of pyridine rings is 1. The standard InChI is InChI=1S/C20H20N8O/c1-14(2)28-13-22-26-19(28)17-4-3-5-18(24-17)25-20(29)23-15-6-8-16(9-7-15)27-11-10-21-12-27/h3-14H,1-2H3,(H2,23,24,25,29). The maximum atomic E-state index is 12.4. The van der Waals surface area contributed by atoms with Gasteiger partial charge in [-0.2, -0.15) is 0 Å². The largest absolute Gasteiger partial charge is 0.324 e. The van der Waals surface area contributed by atoms with Gasteiger partial charge in [0, 0.05) is 29.8 Å². The van der Waals surface area contributed by atoms with Crippen molar-refractivity contribution in [2.45, 2.75) is 19.9 Å². The van der Waals surface area contributed by atoms with Crippen LogP contribution in [0, 0.1) is 0 Å². The maximum Gasteiger partial charge on any atom is 0.324 e. The molecule has 0 unspecified atom stereocenters. The summed E-state index contributed by atoms with van der Waals surface area (Å²) in [4.78, 5) is 20.9. The number of carbonyl (C=O) groups excluding carboxylic acids is 1. The van der Waals surface area contributed by atoms with Gasteiger partial charge in [0.25, 0.3) is 0 Å². The van der Waals surface area contributed by atoms with Crippen LogP contribution in [0.1, 0.15) is 19.9 Å². The molecule has 1 aromatic carbocycles. The number of carbonyl (C=O) groups is 1. The Morgan fingerprint density at radius 1 is 1.03 bits per heavy atom. The summed E-state index contributed by atoms with van der Waals surface area (Å²) in [5.74, 6) is 1.08. The van der Waals surface area contributed by atoms with Crippen LogP contribution in [0.3, 0.4) is 0 Å². The third-order valence-electron chi connectivity index (χ3n) is 4.28. The lowest BCUT2D eigenvalue weighted by Gasteiger charge is -2.11. The van der Waals surface area contributed by atoms with E-state index in [4.69, 9.17) is 0 Å². The highest BCUT2D eigenvalue weighted by molar-refractivity contribution is 5.99. The normalized spacial score (nSPS) is 10.9. The molecule has 9 nitrogen and oxygen atoms in total. The Morgan fingerprint density at radius 3 is 2.59 bits per heavy atom. The van der Waals surface area contributed by atoms with Crippen LogP contribution in [0.2, 0.25) is 0 Å². The predicted molar refractivity (Wildman–Crippen MR) is 110 cm³/mol. The zero-order valence-electron chi connectivity index (χ0n) is 16.0. The van der Waals surface area contributed by atoms with Crippen LogP contribution >= 0.6 is 0 Å². The molecule has 2 amide bonds. The fourth-order valence-electron chi connectivity index (χ4n) is 2.84. The molecule has 0 aliphatic heterocycles. The Balaban J connectivity index is 1.44. The smallest absolute Gasteiger partial charge is 0.310 e. The van der Waals surface area contributed by atoms with Gasteiger partial charge in [-0.15, -0.1) is 10.2 Å². The van der Waals surface area contributed by atoms with E-state index in [-0.39, 0.29) is 12.1 Å². The lowest BCUT2D eigenvalue weighted by atomic mass is 10.3. The number of amides is 2. The topological polar surface area (TPSA) is 103 Å². The van der Waals surface area contributed by atoms with E-state index in [1.807, 2.05) is 65.6 Å². The van der Waals surface area contributed by atoms with E-state index in [1.165, 1.54) is 0 Å². The third kappa shape index (κ3) is 4.13. The summed E-state index contributed by atoms with van der Waals surface area (Å²) in [6.07, 6.45) is 6.95. The summed E-state index contributed by atoms with van der Waals surface area (Å²) in [6, 6.07) is 12.6. The molecule has 2 N–H and O–H groups in total. The van der Waals surface area contributed by atoms with E-state index < -0.39 is 0 Å². The van der Waals surface area contributed by atoms with E-state index in [2.05, 4.69) is 30.8 Å². The number of nitrogens with zero attached hydrogens (tertiary/aromatic N) is 6. The van der Waals surface area contributed by atoms with Crippen molar-refractivity contribution in [2.24, 2.45) is 0 Å². The molecule has 3 heterocycles. The summed E-state index contributed by atoms with van der Waals surface area (Å²) < 4.78 is 3.81. The fourth-order valence-corrected chi connectivity index (χ4v) is 2.84. The number of aromatic nitrogens is 6. The van der Waals surface area contributed by atoms with E-state index in [1.54, 1.807) is 24.9 Å². The molecule has 0 bridgehead atoms. The first-order valence-electron chi connectivity index (χ1n) is 9.13. The number of rotatable bonds is 5. The molecule has 0 fully saturated rings. The van der Waals surface area contributed by atoms with E-state index in [0.29, 0.717) is 23.0 Å². The lowest BCUT2D eigenvalue weighted by Crippen LogP contribution is -2.20. The second-order valence-electron chi connectivity index (χ2n) is 6.66. The number of imidazole rings is 1. The minimum Gasteiger partial charge on any atom is -0.310 e. The van der Waals surface area contributed by atoms with Crippen molar-refractivity contribution in [3.63, 3.8) is 0 Å². The van der Waals surface area contributed by atoms with E-state index in [9.17, 15) is 4.79 Å². The van der Waals surface area contributed by atoms with Crippen molar-refractivity contribution in [3.05, 3.63) is 67.5 Å². The molecule has 0 radical (unpaired) electrons. The minimum atomic E-state index is -0.379. The summed E-state index contributed by atoms with van der Waals surface area (Å²) in [5, 5.41) is 13.6. The quantitative estimate of drug-likeness (QED) is 0.542. The van der Waals surface area contributed by atoms with Crippen LogP contribution in [0.5, 0.6) is 0 Å². The Bertz CT molecular complexity index is 1100. The average molecular weight is 388 g/mol. The predicted octanol–water partition coefficient (Wildman–Crippen LogP) is 3.75. The number of hydrogen-bond acceptors (Lipinski definition) is 5. The van der Waals surface area contributed by atoms with Gasteiger partial charge < -0.3 is 14.5 Å². The Labute approximate surface area is 167 Å². The highest BCUT2D eigenvalue weighted by Gasteiger charge is 2.12. The number of nitrogens with one attached hydrogen (secondary N) is 2. The highest BCUT2D eigenvalue weighted by Crippen LogP contribution is 2.20. The molecule has 3 aromatic heterocycles. The number of urea groups is 1. The Morgan fingerprint density at radius 2 is 1.86 bits per heavy atom. The molecule has 9 heteroatoms. The molecule has 0 aliphatic carbocycles. The lowest BCUT2D eigenvalue weighted by molar-refractivity contribution is 0.262. The molecule has 0 atom stereocenters. The number of hydrogen-bond donors (Lipinski definition) is 2. The molecule has 0 aliphatic rings. The minimum absolute atomic E-state index is 0.201. The molecule has 4 aromatic rings. The molecule has 0 spiro atoms. The van der Waals surface area contributed by atoms with Gasteiger partial charge in [0.05, 0.1) is 6.33 Å². The van der Waals surface area contributed by atoms with Crippen LogP contribution in [0.4, 0.5) is 16.3 Å². The highest BCUT2D eigenvalue weighted by atomic mass is 16.2. The summed E-state index contributed by atoms with van der Waals surface area (Å²) >= 11 is 0. The van der Waals surface area contributed by atoms with Gasteiger partial charge in [-0.05, 0) is 50.2 Å². The van der Waals surface area contributed by atoms with Crippen molar-refractivity contribution >= 4 is 17.5 Å². The van der Waals surface area contributed by atoms with Crippen molar-refractivity contribution in [2.75, 3.05) is 10.6 Å². The van der Waals surface area contributed by atoms with Gasteiger partial charge in [-0.25, -0.2) is 14.8 Å². The first-order chi connectivity index (χ1) is 14.1. The van der Waals surface area contributed by atoms with Crippen LogP contribution in [0.25, 0.3) is 17.2 Å². The first-order valence-corrected chi connectivity index (χ1v) is 9.13. The monoisotopic (exact) mass is 388 g/mol. The van der Waals surface area contributed by atoms with Crippen molar-refractivity contribution in [3.8, 4) is 17.2 Å². The summed E-state index contributed by atoms with van der Waals surface area (Å²) in [5.41, 5.74) is 2.26. The molecule has 4 rings (SSSR count). The van der Waals surface area contributed by atoms with Gasteiger partial charge in [0.2, 0.25) is 0 Å². The fraction of sp³-hybridized carbons (Fsp3) is 0.150. The molecular weight excluding hydrogens is 368 g/mol. The first kappa shape index (κ1) is 18.4. The Hall–Kier alpha value is -4.01. The van der Waals surface area contributed by atoms with E-state index in [0.717, 1.165) is 5.69 Å². The second-order valence-corrected chi connectivity index (χ2v) is 6.66. The number of anilines is 2. The molecule has 0 saturated heterocycles. The van der Waals surface area contributed by atoms with Crippen LogP contribution in [-0.4, -0.2) is 35.3 Å². The van der Waals surface area contributed by atoms with Gasteiger partial charge in [-0.3, -0.25) is 5.32 Å². The van der Waals surface area contributed by atoms with Crippen molar-refractivity contribution in [1.82, 2.24) is 29.3 Å². The van der Waals surface area contributed by atoms with Crippen LogP contribution in [-0.2, 0) is 0 Å². The average Bonchev–Trinajstić information content (AvgIpc) is 3.41. The number of benzene rings is 1. The zero-order valence-corrected chi connectivity index (χ0v) is 16.0. The van der Waals surface area contributed by atoms with Crippen LogP contribution < -0.4 is 10.6 Å². The van der Waals surface area contributed by atoms with Gasteiger partial charge >= 0.3 is 6.03 Å². The molecule has 0 saturated carbocycles. The van der Waals surface area contributed by atoms with Crippen molar-refractivity contribution < 1.29 is 4.79 Å². The SMILES string of the molecule is CC(C)n1cnnc1-c1cccc(NC(=O)Nc2ccc(-n3ccnc3)cc2)n1. The molecule has 29 heavy (non-hydrogen) atoms. The van der Waals surface area contributed by atoms with Gasteiger partial charge in [-0.1, -0.05) is 6.07 Å². The molecular formula is C20H20N8O.